The highest BCUT2D eigenvalue weighted by Gasteiger charge is 1.96. The Morgan fingerprint density at radius 1 is 1.58 bits per heavy atom. The van der Waals surface area contributed by atoms with Gasteiger partial charge < -0.3 is 5.21 Å². The standard InChI is InChI=1S/C9H10N2O/c1-11(12)7-9-4-2-3-8(5-9)6-10/h2-5,12H,7H2,1H3. The first-order chi connectivity index (χ1) is 5.72. The Labute approximate surface area is 71.4 Å². The zero-order valence-electron chi connectivity index (χ0n) is 6.86. The molecule has 0 spiro atoms. The molecule has 0 amide bonds. The van der Waals surface area contributed by atoms with E-state index >= 15 is 0 Å². The summed E-state index contributed by atoms with van der Waals surface area (Å²) in [7, 11) is 1.57. The lowest BCUT2D eigenvalue weighted by Crippen LogP contribution is -2.11. The number of hydrogen-bond donors (Lipinski definition) is 1. The van der Waals surface area contributed by atoms with Gasteiger partial charge in [-0.1, -0.05) is 12.1 Å². The predicted octanol–water partition coefficient (Wildman–Crippen LogP) is 1.38. The van der Waals surface area contributed by atoms with E-state index in [2.05, 4.69) is 0 Å². The SMILES string of the molecule is CN(O)Cc1cccc(C#N)c1. The van der Waals surface area contributed by atoms with Crippen LogP contribution in [0.4, 0.5) is 0 Å². The van der Waals surface area contributed by atoms with Gasteiger partial charge in [-0.05, 0) is 17.7 Å². The van der Waals surface area contributed by atoms with Crippen LogP contribution in [-0.2, 0) is 6.54 Å². The minimum atomic E-state index is 0.440. The molecule has 1 aromatic rings. The van der Waals surface area contributed by atoms with E-state index < -0.39 is 0 Å². The fourth-order valence-electron chi connectivity index (χ4n) is 1.00. The van der Waals surface area contributed by atoms with E-state index in [0.717, 1.165) is 10.6 Å². The highest BCUT2D eigenvalue weighted by atomic mass is 16.5. The van der Waals surface area contributed by atoms with Gasteiger partial charge in [-0.2, -0.15) is 10.3 Å². The zero-order valence-corrected chi connectivity index (χ0v) is 6.86. The highest BCUT2D eigenvalue weighted by molar-refractivity contribution is 5.32. The Kier molecular flexibility index (Phi) is 2.81. The fraction of sp³-hybridized carbons (Fsp3) is 0.222. The summed E-state index contributed by atoms with van der Waals surface area (Å²) in [5.74, 6) is 0. The summed E-state index contributed by atoms with van der Waals surface area (Å²) in [6.07, 6.45) is 0. The molecule has 0 fully saturated rings. The van der Waals surface area contributed by atoms with Gasteiger partial charge in [-0.3, -0.25) is 0 Å². The summed E-state index contributed by atoms with van der Waals surface area (Å²) in [6.45, 7) is 0.440. The Bertz CT molecular complexity index is 302. The molecule has 3 heteroatoms. The predicted molar refractivity (Wildman–Crippen MR) is 44.4 cm³/mol. The van der Waals surface area contributed by atoms with Gasteiger partial charge in [-0.25, -0.2) is 0 Å². The lowest BCUT2D eigenvalue weighted by Gasteiger charge is -2.07. The van der Waals surface area contributed by atoms with Gasteiger partial charge in [-0.15, -0.1) is 0 Å². The Morgan fingerprint density at radius 2 is 2.33 bits per heavy atom. The van der Waals surface area contributed by atoms with Gasteiger partial charge in [0.15, 0.2) is 0 Å². The number of hydrogen-bond acceptors (Lipinski definition) is 3. The molecule has 1 aromatic carbocycles. The van der Waals surface area contributed by atoms with Crippen molar-refractivity contribution in [3.8, 4) is 6.07 Å². The zero-order chi connectivity index (χ0) is 8.97. The van der Waals surface area contributed by atoms with Crippen LogP contribution >= 0.6 is 0 Å². The lowest BCUT2D eigenvalue weighted by molar-refractivity contribution is -0.0731. The molecule has 12 heavy (non-hydrogen) atoms. The second-order valence-corrected chi connectivity index (χ2v) is 2.63. The summed E-state index contributed by atoms with van der Waals surface area (Å²) in [5.41, 5.74) is 1.55. The number of rotatable bonds is 2. The van der Waals surface area contributed by atoms with Crippen LogP contribution in [0.15, 0.2) is 24.3 Å². The minimum Gasteiger partial charge on any atom is -0.314 e. The van der Waals surface area contributed by atoms with Gasteiger partial charge in [0.2, 0.25) is 0 Å². The van der Waals surface area contributed by atoms with E-state index in [1.807, 2.05) is 12.1 Å². The van der Waals surface area contributed by atoms with Crippen molar-refractivity contribution in [3.63, 3.8) is 0 Å². The smallest absolute Gasteiger partial charge is 0.0991 e. The second-order valence-electron chi connectivity index (χ2n) is 2.63. The maximum Gasteiger partial charge on any atom is 0.0991 e. The molecule has 0 bridgehead atoms. The van der Waals surface area contributed by atoms with Crippen molar-refractivity contribution in [3.05, 3.63) is 35.4 Å². The summed E-state index contributed by atoms with van der Waals surface area (Å²) in [6, 6.07) is 9.21. The van der Waals surface area contributed by atoms with Crippen molar-refractivity contribution in [1.82, 2.24) is 5.06 Å². The van der Waals surface area contributed by atoms with Crippen molar-refractivity contribution in [2.45, 2.75) is 6.54 Å². The van der Waals surface area contributed by atoms with E-state index in [-0.39, 0.29) is 0 Å². The summed E-state index contributed by atoms with van der Waals surface area (Å²) in [5, 5.41) is 18.6. The van der Waals surface area contributed by atoms with Gasteiger partial charge >= 0.3 is 0 Å². The van der Waals surface area contributed by atoms with Gasteiger partial charge in [0.1, 0.15) is 0 Å². The number of nitriles is 1. The van der Waals surface area contributed by atoms with Crippen LogP contribution in [0.2, 0.25) is 0 Å². The third-order valence-corrected chi connectivity index (χ3v) is 1.47. The summed E-state index contributed by atoms with van der Waals surface area (Å²) in [4.78, 5) is 0. The Morgan fingerprint density at radius 3 is 2.92 bits per heavy atom. The minimum absolute atomic E-state index is 0.440. The van der Waals surface area contributed by atoms with E-state index in [1.54, 1.807) is 25.2 Å². The van der Waals surface area contributed by atoms with Gasteiger partial charge in [0.05, 0.1) is 11.6 Å². The molecule has 0 saturated carbocycles. The van der Waals surface area contributed by atoms with Crippen molar-refractivity contribution < 1.29 is 5.21 Å². The molecule has 0 aromatic heterocycles. The van der Waals surface area contributed by atoms with Crippen LogP contribution < -0.4 is 0 Å². The van der Waals surface area contributed by atoms with Crippen molar-refractivity contribution >= 4 is 0 Å². The molecule has 62 valence electrons. The third kappa shape index (κ3) is 2.35. The fourth-order valence-corrected chi connectivity index (χ4v) is 1.00. The first kappa shape index (κ1) is 8.72. The van der Waals surface area contributed by atoms with E-state index in [0.29, 0.717) is 12.1 Å². The van der Waals surface area contributed by atoms with E-state index in [4.69, 9.17) is 10.5 Å². The molecule has 3 nitrogen and oxygen atoms in total. The molecule has 0 saturated heterocycles. The first-order valence-electron chi connectivity index (χ1n) is 3.61. The van der Waals surface area contributed by atoms with Crippen molar-refractivity contribution in [1.29, 1.82) is 5.26 Å². The normalized spacial score (nSPS) is 9.83. The topological polar surface area (TPSA) is 47.3 Å². The largest absolute Gasteiger partial charge is 0.314 e. The van der Waals surface area contributed by atoms with E-state index in [1.165, 1.54) is 0 Å². The van der Waals surface area contributed by atoms with Crippen molar-refractivity contribution in [2.75, 3.05) is 7.05 Å². The third-order valence-electron chi connectivity index (χ3n) is 1.47. The molecule has 1 rings (SSSR count). The van der Waals surface area contributed by atoms with E-state index in [9.17, 15) is 0 Å². The van der Waals surface area contributed by atoms with Crippen LogP contribution in [0.5, 0.6) is 0 Å². The number of benzene rings is 1. The quantitative estimate of drug-likeness (QED) is 0.668. The van der Waals surface area contributed by atoms with Crippen LogP contribution in [0.1, 0.15) is 11.1 Å². The molecular formula is C9H10N2O. The summed E-state index contributed by atoms with van der Waals surface area (Å²) < 4.78 is 0. The van der Waals surface area contributed by atoms with Crippen LogP contribution in [0, 0.1) is 11.3 Å². The molecule has 0 aliphatic carbocycles. The molecule has 0 atom stereocenters. The second kappa shape index (κ2) is 3.86. The van der Waals surface area contributed by atoms with Crippen LogP contribution in [-0.4, -0.2) is 17.3 Å². The molecule has 0 aliphatic rings. The Hall–Kier alpha value is -1.37. The average molecular weight is 162 g/mol. The first-order valence-corrected chi connectivity index (χ1v) is 3.61. The lowest BCUT2D eigenvalue weighted by atomic mass is 10.1. The van der Waals surface area contributed by atoms with Crippen molar-refractivity contribution in [2.24, 2.45) is 0 Å². The molecule has 1 N–H and O–H groups in total. The highest BCUT2D eigenvalue weighted by Crippen LogP contribution is 2.05. The van der Waals surface area contributed by atoms with Gasteiger partial charge in [0, 0.05) is 13.6 Å². The van der Waals surface area contributed by atoms with Crippen LogP contribution in [0.25, 0.3) is 0 Å². The number of hydroxylamine groups is 2. The molecular weight excluding hydrogens is 152 g/mol. The molecule has 0 heterocycles. The summed E-state index contributed by atoms with van der Waals surface area (Å²) >= 11 is 0. The number of nitrogens with zero attached hydrogens (tertiary/aromatic N) is 2. The van der Waals surface area contributed by atoms with Crippen LogP contribution in [0.3, 0.4) is 0 Å². The molecule has 0 radical (unpaired) electrons. The maximum atomic E-state index is 8.92. The average Bonchev–Trinajstić information content (AvgIpc) is 2.03. The maximum absolute atomic E-state index is 8.92. The molecule has 0 unspecified atom stereocenters. The van der Waals surface area contributed by atoms with Gasteiger partial charge in [0.25, 0.3) is 0 Å². The molecule has 0 aliphatic heterocycles. The Balaban J connectivity index is 2.81. The monoisotopic (exact) mass is 162 g/mol.